The molecule has 0 fully saturated rings. The summed E-state index contributed by atoms with van der Waals surface area (Å²) in [5.74, 6) is -0.207. The highest BCUT2D eigenvalue weighted by molar-refractivity contribution is 5.88. The van der Waals surface area contributed by atoms with Gasteiger partial charge in [-0.25, -0.2) is 9.78 Å². The minimum atomic E-state index is -0.931. The van der Waals surface area contributed by atoms with Crippen molar-refractivity contribution in [3.63, 3.8) is 0 Å². The maximum atomic E-state index is 10.8. The van der Waals surface area contributed by atoms with Crippen molar-refractivity contribution in [1.29, 1.82) is 0 Å². The van der Waals surface area contributed by atoms with Gasteiger partial charge in [-0.15, -0.1) is 0 Å². The molecular formula is C15H13N3O2. The molecule has 0 bridgehead atoms. The Labute approximate surface area is 115 Å². The first kappa shape index (κ1) is 12.2. The van der Waals surface area contributed by atoms with E-state index >= 15 is 0 Å². The number of carboxylic acids is 1. The third-order valence-corrected chi connectivity index (χ3v) is 3.08. The lowest BCUT2D eigenvalue weighted by molar-refractivity contribution is 0.0697. The maximum absolute atomic E-state index is 10.8. The number of aromatic amines is 1. The van der Waals surface area contributed by atoms with Crippen molar-refractivity contribution < 1.29 is 9.90 Å². The van der Waals surface area contributed by atoms with Crippen LogP contribution in [0.15, 0.2) is 36.2 Å². The standard InChI is InChI=1S/C15H13N3O2/c1-9-8-13-12(6-7-16-9)17-14(18-13)10-2-4-11(5-3-10)15(19)20/h2-8,16H,1H3,(H,17,18)(H,19,20). The van der Waals surface area contributed by atoms with Crippen molar-refractivity contribution >= 4 is 18.1 Å². The predicted octanol–water partition coefficient (Wildman–Crippen LogP) is 2.71. The van der Waals surface area contributed by atoms with E-state index in [0.29, 0.717) is 0 Å². The van der Waals surface area contributed by atoms with Gasteiger partial charge in [0.2, 0.25) is 0 Å². The molecule has 3 rings (SSSR count). The van der Waals surface area contributed by atoms with Crippen LogP contribution in [-0.2, 0) is 0 Å². The van der Waals surface area contributed by atoms with Crippen molar-refractivity contribution in [2.24, 2.45) is 0 Å². The van der Waals surface area contributed by atoms with E-state index in [1.54, 1.807) is 24.3 Å². The van der Waals surface area contributed by atoms with Gasteiger partial charge in [0.1, 0.15) is 5.82 Å². The van der Waals surface area contributed by atoms with Crippen molar-refractivity contribution in [2.75, 3.05) is 0 Å². The van der Waals surface area contributed by atoms with E-state index in [0.717, 1.165) is 28.5 Å². The van der Waals surface area contributed by atoms with Gasteiger partial charge < -0.3 is 15.4 Å². The summed E-state index contributed by atoms with van der Waals surface area (Å²) in [7, 11) is 0. The van der Waals surface area contributed by atoms with Crippen LogP contribution in [0.2, 0.25) is 0 Å². The molecule has 1 aromatic heterocycles. The second kappa shape index (κ2) is 4.70. The molecule has 0 unspecified atom stereocenters. The molecule has 1 aliphatic rings. The van der Waals surface area contributed by atoms with Gasteiger partial charge in [-0.1, -0.05) is 12.1 Å². The van der Waals surface area contributed by atoms with Crippen LogP contribution in [0.25, 0.3) is 23.5 Å². The number of hydrogen-bond donors (Lipinski definition) is 3. The topological polar surface area (TPSA) is 78.0 Å². The van der Waals surface area contributed by atoms with Crippen molar-refractivity contribution in [1.82, 2.24) is 15.3 Å². The lowest BCUT2D eigenvalue weighted by Crippen LogP contribution is -1.98. The molecule has 5 heteroatoms. The number of carbonyl (C=O) groups is 1. The molecular weight excluding hydrogens is 254 g/mol. The highest BCUT2D eigenvalue weighted by Crippen LogP contribution is 2.22. The van der Waals surface area contributed by atoms with Gasteiger partial charge in [0.15, 0.2) is 0 Å². The summed E-state index contributed by atoms with van der Waals surface area (Å²) in [6.07, 6.45) is 5.73. The fraction of sp³-hybridized carbons (Fsp3) is 0.0667. The molecule has 0 spiro atoms. The summed E-state index contributed by atoms with van der Waals surface area (Å²) >= 11 is 0. The van der Waals surface area contributed by atoms with Gasteiger partial charge in [-0.05, 0) is 31.2 Å². The summed E-state index contributed by atoms with van der Waals surface area (Å²) in [4.78, 5) is 18.6. The highest BCUT2D eigenvalue weighted by Gasteiger charge is 2.11. The Kier molecular flexibility index (Phi) is 2.87. The van der Waals surface area contributed by atoms with Gasteiger partial charge in [0, 0.05) is 17.5 Å². The smallest absolute Gasteiger partial charge is 0.335 e. The number of carboxylic acid groups (broad SMARTS) is 1. The third-order valence-electron chi connectivity index (χ3n) is 3.08. The van der Waals surface area contributed by atoms with Crippen LogP contribution in [-0.4, -0.2) is 21.0 Å². The van der Waals surface area contributed by atoms with E-state index in [-0.39, 0.29) is 5.56 Å². The number of rotatable bonds is 2. The second-order valence-corrected chi connectivity index (χ2v) is 4.57. The molecule has 0 saturated carbocycles. The van der Waals surface area contributed by atoms with E-state index < -0.39 is 5.97 Å². The van der Waals surface area contributed by atoms with Gasteiger partial charge in [-0.2, -0.15) is 0 Å². The quantitative estimate of drug-likeness (QED) is 0.781. The molecule has 0 atom stereocenters. The number of fused-ring (bicyclic) bond motifs is 1. The lowest BCUT2D eigenvalue weighted by Gasteiger charge is -1.98. The number of H-pyrrole nitrogens is 1. The summed E-state index contributed by atoms with van der Waals surface area (Å²) in [6.45, 7) is 1.97. The van der Waals surface area contributed by atoms with Crippen LogP contribution >= 0.6 is 0 Å². The number of aromatic carboxylic acids is 1. The minimum Gasteiger partial charge on any atom is -0.478 e. The van der Waals surface area contributed by atoms with Crippen molar-refractivity contribution in [3.05, 3.63) is 53.1 Å². The number of benzene rings is 1. The van der Waals surface area contributed by atoms with Crippen molar-refractivity contribution in [3.8, 4) is 11.4 Å². The number of aromatic nitrogens is 2. The molecule has 0 saturated heterocycles. The summed E-state index contributed by atoms with van der Waals surface area (Å²) in [6, 6.07) is 6.65. The first-order valence-corrected chi connectivity index (χ1v) is 6.18. The van der Waals surface area contributed by atoms with Crippen LogP contribution in [0, 0.1) is 0 Å². The first-order valence-electron chi connectivity index (χ1n) is 6.18. The van der Waals surface area contributed by atoms with E-state index in [9.17, 15) is 4.79 Å². The molecule has 5 nitrogen and oxygen atoms in total. The highest BCUT2D eigenvalue weighted by atomic mass is 16.4. The van der Waals surface area contributed by atoms with E-state index in [4.69, 9.17) is 5.11 Å². The molecule has 2 aromatic rings. The van der Waals surface area contributed by atoms with Crippen LogP contribution in [0.3, 0.4) is 0 Å². The Bertz CT molecular complexity index is 724. The zero-order valence-corrected chi connectivity index (χ0v) is 10.8. The molecule has 0 aliphatic carbocycles. The van der Waals surface area contributed by atoms with Crippen LogP contribution in [0.1, 0.15) is 28.7 Å². The average molecular weight is 267 g/mol. The predicted molar refractivity (Wildman–Crippen MR) is 76.8 cm³/mol. The molecule has 1 aliphatic heterocycles. The maximum Gasteiger partial charge on any atom is 0.335 e. The Morgan fingerprint density at radius 2 is 2.00 bits per heavy atom. The third kappa shape index (κ3) is 2.21. The van der Waals surface area contributed by atoms with Crippen LogP contribution < -0.4 is 5.32 Å². The fourth-order valence-corrected chi connectivity index (χ4v) is 2.05. The Balaban J connectivity index is 2.00. The molecule has 0 radical (unpaired) electrons. The number of allylic oxidation sites excluding steroid dienone is 1. The van der Waals surface area contributed by atoms with E-state index in [1.165, 1.54) is 0 Å². The SMILES string of the molecule is CC1=Cc2nc(-c3ccc(C(=O)O)cc3)[nH]c2C=CN1. The van der Waals surface area contributed by atoms with Crippen molar-refractivity contribution in [2.45, 2.75) is 6.92 Å². The molecule has 20 heavy (non-hydrogen) atoms. The molecule has 0 amide bonds. The lowest BCUT2D eigenvalue weighted by atomic mass is 10.1. The molecule has 3 N–H and O–H groups in total. The molecule has 100 valence electrons. The second-order valence-electron chi connectivity index (χ2n) is 4.57. The van der Waals surface area contributed by atoms with E-state index in [2.05, 4.69) is 15.3 Å². The molecule has 1 aromatic carbocycles. The monoisotopic (exact) mass is 267 g/mol. The van der Waals surface area contributed by atoms with E-state index in [1.807, 2.05) is 25.3 Å². The fourth-order valence-electron chi connectivity index (χ4n) is 2.05. The number of nitrogens with one attached hydrogen (secondary N) is 2. The molecule has 2 heterocycles. The Hall–Kier alpha value is -2.82. The summed E-state index contributed by atoms with van der Waals surface area (Å²) < 4.78 is 0. The average Bonchev–Trinajstić information content (AvgIpc) is 2.74. The normalized spacial score (nSPS) is 13.2. The largest absolute Gasteiger partial charge is 0.478 e. The van der Waals surface area contributed by atoms with Gasteiger partial charge in [0.25, 0.3) is 0 Å². The van der Waals surface area contributed by atoms with Gasteiger partial charge in [-0.3, -0.25) is 0 Å². The zero-order chi connectivity index (χ0) is 14.1. The van der Waals surface area contributed by atoms with Gasteiger partial charge in [0.05, 0.1) is 17.0 Å². The number of imidazole rings is 1. The summed E-state index contributed by atoms with van der Waals surface area (Å²) in [5.41, 5.74) is 3.92. The minimum absolute atomic E-state index is 0.265. The zero-order valence-electron chi connectivity index (χ0n) is 10.8. The van der Waals surface area contributed by atoms with Crippen LogP contribution in [0.4, 0.5) is 0 Å². The number of nitrogens with zero attached hydrogens (tertiary/aromatic N) is 1. The summed E-state index contributed by atoms with van der Waals surface area (Å²) in [5, 5.41) is 12.0. The van der Waals surface area contributed by atoms with Gasteiger partial charge >= 0.3 is 5.97 Å². The first-order chi connectivity index (χ1) is 9.63. The number of hydrogen-bond acceptors (Lipinski definition) is 3. The Morgan fingerprint density at radius 3 is 2.70 bits per heavy atom. The van der Waals surface area contributed by atoms with Crippen LogP contribution in [0.5, 0.6) is 0 Å². The Morgan fingerprint density at radius 1 is 1.25 bits per heavy atom.